The standard InChI is InChI=1S/C9H22O2Si/c1-7(2)11-12(5,6)9(4)8(3)10/h7-10H,1-6H3/t8-,9+/m0/s1. The molecular weight excluding hydrogens is 168 g/mol. The molecule has 0 aliphatic heterocycles. The number of aliphatic hydroxyl groups excluding tert-OH is 1. The molecule has 0 saturated carbocycles. The molecule has 74 valence electrons. The van der Waals surface area contributed by atoms with Crippen LogP contribution in [0.2, 0.25) is 18.6 Å². The largest absolute Gasteiger partial charge is 0.415 e. The molecule has 0 saturated heterocycles. The highest BCUT2D eigenvalue weighted by atomic mass is 28.4. The topological polar surface area (TPSA) is 29.5 Å². The lowest BCUT2D eigenvalue weighted by atomic mass is 10.3. The third kappa shape index (κ3) is 3.69. The van der Waals surface area contributed by atoms with Crippen LogP contribution in [-0.2, 0) is 4.43 Å². The molecule has 0 rings (SSSR count). The first kappa shape index (κ1) is 12.1. The summed E-state index contributed by atoms with van der Waals surface area (Å²) in [6, 6.07) is 0. The van der Waals surface area contributed by atoms with Crippen molar-refractivity contribution in [3.63, 3.8) is 0 Å². The van der Waals surface area contributed by atoms with E-state index in [0.717, 1.165) is 0 Å². The van der Waals surface area contributed by atoms with Crippen molar-refractivity contribution < 1.29 is 9.53 Å². The van der Waals surface area contributed by atoms with Crippen molar-refractivity contribution in [3.8, 4) is 0 Å². The van der Waals surface area contributed by atoms with Crippen LogP contribution in [-0.4, -0.2) is 25.6 Å². The van der Waals surface area contributed by atoms with Crippen molar-refractivity contribution in [1.82, 2.24) is 0 Å². The quantitative estimate of drug-likeness (QED) is 0.690. The maximum atomic E-state index is 9.42. The smallest absolute Gasteiger partial charge is 0.192 e. The number of hydrogen-bond acceptors (Lipinski definition) is 2. The van der Waals surface area contributed by atoms with Gasteiger partial charge < -0.3 is 9.53 Å². The van der Waals surface area contributed by atoms with Gasteiger partial charge in [0.1, 0.15) is 0 Å². The zero-order valence-electron chi connectivity index (χ0n) is 9.09. The van der Waals surface area contributed by atoms with Gasteiger partial charge in [0.2, 0.25) is 0 Å². The van der Waals surface area contributed by atoms with Gasteiger partial charge in [0.25, 0.3) is 0 Å². The van der Waals surface area contributed by atoms with Crippen LogP contribution in [0.15, 0.2) is 0 Å². The minimum atomic E-state index is -1.68. The van der Waals surface area contributed by atoms with Crippen LogP contribution in [0.3, 0.4) is 0 Å². The van der Waals surface area contributed by atoms with E-state index in [-0.39, 0.29) is 12.2 Å². The van der Waals surface area contributed by atoms with E-state index in [2.05, 4.69) is 20.0 Å². The van der Waals surface area contributed by atoms with Gasteiger partial charge >= 0.3 is 0 Å². The Labute approximate surface area is 77.1 Å². The summed E-state index contributed by atoms with van der Waals surface area (Å²) in [5.41, 5.74) is 0.292. The maximum Gasteiger partial charge on any atom is 0.192 e. The van der Waals surface area contributed by atoms with E-state index in [1.165, 1.54) is 0 Å². The van der Waals surface area contributed by atoms with Crippen molar-refractivity contribution in [2.45, 2.75) is 58.5 Å². The summed E-state index contributed by atoms with van der Waals surface area (Å²) < 4.78 is 5.84. The van der Waals surface area contributed by atoms with Gasteiger partial charge in [-0.3, -0.25) is 0 Å². The van der Waals surface area contributed by atoms with E-state index in [9.17, 15) is 5.11 Å². The Morgan fingerprint density at radius 2 is 1.50 bits per heavy atom. The van der Waals surface area contributed by atoms with Crippen LogP contribution in [0, 0.1) is 0 Å². The molecule has 0 amide bonds. The van der Waals surface area contributed by atoms with Crippen LogP contribution in [0.25, 0.3) is 0 Å². The lowest BCUT2D eigenvalue weighted by Gasteiger charge is -2.33. The van der Waals surface area contributed by atoms with Crippen molar-refractivity contribution in [2.75, 3.05) is 0 Å². The normalized spacial score (nSPS) is 18.0. The fraction of sp³-hybridized carbons (Fsp3) is 1.00. The minimum Gasteiger partial charge on any atom is -0.415 e. The van der Waals surface area contributed by atoms with Crippen LogP contribution in [0.5, 0.6) is 0 Å². The Balaban J connectivity index is 4.18. The van der Waals surface area contributed by atoms with E-state index in [0.29, 0.717) is 5.54 Å². The van der Waals surface area contributed by atoms with Gasteiger partial charge in [0.15, 0.2) is 8.32 Å². The number of aliphatic hydroxyl groups is 1. The Kier molecular flexibility index (Phi) is 4.44. The van der Waals surface area contributed by atoms with Crippen LogP contribution in [0.4, 0.5) is 0 Å². The van der Waals surface area contributed by atoms with E-state index in [4.69, 9.17) is 4.43 Å². The monoisotopic (exact) mass is 190 g/mol. The lowest BCUT2D eigenvalue weighted by Crippen LogP contribution is -2.41. The molecule has 0 spiro atoms. The molecular formula is C9H22O2Si. The lowest BCUT2D eigenvalue weighted by molar-refractivity contribution is 0.162. The van der Waals surface area contributed by atoms with Crippen molar-refractivity contribution >= 4 is 8.32 Å². The van der Waals surface area contributed by atoms with Gasteiger partial charge in [-0.15, -0.1) is 0 Å². The molecule has 2 atom stereocenters. The molecule has 1 N–H and O–H groups in total. The first-order chi connectivity index (χ1) is 5.27. The zero-order valence-corrected chi connectivity index (χ0v) is 10.1. The van der Waals surface area contributed by atoms with Crippen LogP contribution >= 0.6 is 0 Å². The predicted molar refractivity (Wildman–Crippen MR) is 54.8 cm³/mol. The third-order valence-corrected chi connectivity index (χ3v) is 6.11. The second-order valence-corrected chi connectivity index (χ2v) is 8.65. The third-order valence-electron chi connectivity index (χ3n) is 2.36. The molecule has 0 aliphatic rings. The molecule has 0 bridgehead atoms. The highest BCUT2D eigenvalue weighted by Crippen LogP contribution is 2.26. The fourth-order valence-electron chi connectivity index (χ4n) is 1.30. The second kappa shape index (κ2) is 4.39. The number of hydrogen-bond donors (Lipinski definition) is 1. The Hall–Kier alpha value is 0.137. The Bertz CT molecular complexity index is 132. The molecule has 0 aromatic carbocycles. The molecule has 0 aromatic rings. The molecule has 3 heteroatoms. The summed E-state index contributed by atoms with van der Waals surface area (Å²) >= 11 is 0. The average molecular weight is 190 g/mol. The Morgan fingerprint density at radius 1 is 1.08 bits per heavy atom. The van der Waals surface area contributed by atoms with E-state index in [1.54, 1.807) is 0 Å². The van der Waals surface area contributed by atoms with Gasteiger partial charge in [-0.1, -0.05) is 6.92 Å². The van der Waals surface area contributed by atoms with Gasteiger partial charge in [0, 0.05) is 11.6 Å². The summed E-state index contributed by atoms with van der Waals surface area (Å²) in [6.45, 7) is 12.3. The average Bonchev–Trinajstić information content (AvgIpc) is 1.82. The highest BCUT2D eigenvalue weighted by molar-refractivity contribution is 6.72. The summed E-state index contributed by atoms with van der Waals surface area (Å²) in [7, 11) is -1.68. The minimum absolute atomic E-state index is 0.259. The van der Waals surface area contributed by atoms with Gasteiger partial charge in [-0.05, 0) is 33.9 Å². The Morgan fingerprint density at radius 3 is 1.75 bits per heavy atom. The summed E-state index contributed by atoms with van der Waals surface area (Å²) in [5.74, 6) is 0. The maximum absolute atomic E-state index is 9.42. The second-order valence-electron chi connectivity index (χ2n) is 4.30. The van der Waals surface area contributed by atoms with Crippen molar-refractivity contribution in [2.24, 2.45) is 0 Å². The molecule has 2 nitrogen and oxygen atoms in total. The van der Waals surface area contributed by atoms with E-state index in [1.807, 2.05) is 20.8 Å². The van der Waals surface area contributed by atoms with Gasteiger partial charge in [0.05, 0.1) is 6.10 Å². The van der Waals surface area contributed by atoms with Gasteiger partial charge in [-0.2, -0.15) is 0 Å². The molecule has 0 unspecified atom stereocenters. The van der Waals surface area contributed by atoms with Crippen molar-refractivity contribution in [1.29, 1.82) is 0 Å². The summed E-state index contributed by atoms with van der Waals surface area (Å²) in [6.07, 6.45) is 0.0123. The summed E-state index contributed by atoms with van der Waals surface area (Å²) in [5, 5.41) is 9.42. The molecule has 0 aliphatic carbocycles. The zero-order chi connectivity index (χ0) is 9.94. The molecule has 0 radical (unpaired) electrons. The van der Waals surface area contributed by atoms with Crippen molar-refractivity contribution in [3.05, 3.63) is 0 Å². The van der Waals surface area contributed by atoms with Crippen LogP contribution < -0.4 is 0 Å². The molecule has 12 heavy (non-hydrogen) atoms. The fourth-order valence-corrected chi connectivity index (χ4v) is 3.89. The van der Waals surface area contributed by atoms with E-state index >= 15 is 0 Å². The van der Waals surface area contributed by atoms with Gasteiger partial charge in [-0.25, -0.2) is 0 Å². The first-order valence-electron chi connectivity index (χ1n) is 4.63. The first-order valence-corrected chi connectivity index (χ1v) is 7.62. The predicted octanol–water partition coefficient (Wildman–Crippen LogP) is 2.39. The molecule has 0 heterocycles. The van der Waals surface area contributed by atoms with E-state index < -0.39 is 8.32 Å². The molecule has 0 aromatic heterocycles. The molecule has 0 fully saturated rings. The highest BCUT2D eigenvalue weighted by Gasteiger charge is 2.33. The summed E-state index contributed by atoms with van der Waals surface area (Å²) in [4.78, 5) is 0. The van der Waals surface area contributed by atoms with Crippen LogP contribution in [0.1, 0.15) is 27.7 Å². The number of rotatable bonds is 4. The SMILES string of the molecule is CC(C)O[Si](C)(C)[C@H](C)[C@H](C)O.